The number of hydrogen-bond acceptors (Lipinski definition) is 3. The summed E-state index contributed by atoms with van der Waals surface area (Å²) >= 11 is 9.02. The summed E-state index contributed by atoms with van der Waals surface area (Å²) in [6.45, 7) is 1.62. The molecule has 1 aromatic heterocycles. The monoisotopic (exact) mass is 334 g/mol. The second-order valence-electron chi connectivity index (χ2n) is 3.35. The zero-order valence-electron chi connectivity index (χ0n) is 8.76. The van der Waals surface area contributed by atoms with E-state index in [0.29, 0.717) is 15.3 Å². The molecule has 0 unspecified atom stereocenters. The van der Waals surface area contributed by atoms with Crippen LogP contribution in [0.5, 0.6) is 0 Å². The highest BCUT2D eigenvalue weighted by Gasteiger charge is 2.21. The van der Waals surface area contributed by atoms with Crippen LogP contribution in [-0.4, -0.2) is 17.4 Å². The topological polar surface area (TPSA) is 52.0 Å². The summed E-state index contributed by atoms with van der Waals surface area (Å²) in [7, 11) is -3.66. The van der Waals surface area contributed by atoms with Crippen LogP contribution in [0.25, 0.3) is 0 Å². The highest BCUT2D eigenvalue weighted by atomic mass is 79.9. The Labute approximate surface area is 112 Å². The minimum Gasteiger partial charge on any atom is -0.241 e. The van der Waals surface area contributed by atoms with E-state index in [0.717, 1.165) is 3.97 Å². The lowest BCUT2D eigenvalue weighted by atomic mass is 10.4. The Morgan fingerprint density at radius 2 is 2.12 bits per heavy atom. The van der Waals surface area contributed by atoms with E-state index in [-0.39, 0.29) is 4.90 Å². The second-order valence-corrected chi connectivity index (χ2v) is 6.42. The minimum absolute atomic E-state index is 0.117. The van der Waals surface area contributed by atoms with Crippen LogP contribution in [0.4, 0.5) is 0 Å². The molecule has 0 fully saturated rings. The average Bonchev–Trinajstić information content (AvgIpc) is 2.68. The summed E-state index contributed by atoms with van der Waals surface area (Å²) in [5.74, 6) is 0.400. The number of rotatable bonds is 2. The van der Waals surface area contributed by atoms with Crippen LogP contribution < -0.4 is 0 Å². The molecule has 17 heavy (non-hydrogen) atoms. The largest absolute Gasteiger partial charge is 0.270 e. The molecular weight excluding hydrogens is 328 g/mol. The number of imidazole rings is 1. The molecule has 1 heterocycles. The van der Waals surface area contributed by atoms with E-state index in [1.54, 1.807) is 19.1 Å². The Balaban J connectivity index is 2.68. The molecule has 7 heteroatoms. The van der Waals surface area contributed by atoms with Gasteiger partial charge < -0.3 is 0 Å². The van der Waals surface area contributed by atoms with Gasteiger partial charge in [-0.1, -0.05) is 11.6 Å². The zero-order chi connectivity index (χ0) is 12.6. The van der Waals surface area contributed by atoms with Crippen molar-refractivity contribution in [3.05, 3.63) is 45.9 Å². The Morgan fingerprint density at radius 3 is 2.71 bits per heavy atom. The molecule has 0 radical (unpaired) electrons. The van der Waals surface area contributed by atoms with E-state index >= 15 is 0 Å². The number of hydrogen-bond donors (Lipinski definition) is 0. The first-order valence-corrected chi connectivity index (χ1v) is 7.24. The molecule has 1 aromatic carbocycles. The minimum atomic E-state index is -3.66. The molecule has 90 valence electrons. The summed E-state index contributed by atoms with van der Waals surface area (Å²) in [6.07, 6.45) is 2.84. The summed E-state index contributed by atoms with van der Waals surface area (Å²) in [4.78, 5) is 4.01. The molecule has 2 rings (SSSR count). The fourth-order valence-corrected chi connectivity index (χ4v) is 3.91. The maximum atomic E-state index is 12.3. The van der Waals surface area contributed by atoms with Crippen molar-refractivity contribution in [3.63, 3.8) is 0 Å². The van der Waals surface area contributed by atoms with Crippen LogP contribution in [0.1, 0.15) is 5.82 Å². The van der Waals surface area contributed by atoms with Crippen LogP contribution >= 0.6 is 27.5 Å². The molecule has 0 aliphatic heterocycles. The highest BCUT2D eigenvalue weighted by Crippen LogP contribution is 2.27. The van der Waals surface area contributed by atoms with Crippen molar-refractivity contribution in [3.8, 4) is 0 Å². The van der Waals surface area contributed by atoms with Gasteiger partial charge in [0.2, 0.25) is 0 Å². The molecule has 0 amide bonds. The summed E-state index contributed by atoms with van der Waals surface area (Å²) in [5.41, 5.74) is 0. The van der Waals surface area contributed by atoms with Crippen molar-refractivity contribution in [1.82, 2.24) is 8.96 Å². The van der Waals surface area contributed by atoms with Crippen LogP contribution in [0.3, 0.4) is 0 Å². The molecule has 0 spiro atoms. The van der Waals surface area contributed by atoms with Crippen molar-refractivity contribution in [2.45, 2.75) is 11.8 Å². The van der Waals surface area contributed by atoms with E-state index in [9.17, 15) is 8.42 Å². The quantitative estimate of drug-likeness (QED) is 0.848. The third kappa shape index (κ3) is 2.25. The van der Waals surface area contributed by atoms with Gasteiger partial charge in [0.1, 0.15) is 10.7 Å². The van der Waals surface area contributed by atoms with Crippen molar-refractivity contribution in [1.29, 1.82) is 0 Å². The van der Waals surface area contributed by atoms with Gasteiger partial charge >= 0.3 is 0 Å². The SMILES string of the molecule is Cc1nccn1S(=O)(=O)c1cc(Cl)ccc1Br. The fourth-order valence-electron chi connectivity index (χ4n) is 1.40. The van der Waals surface area contributed by atoms with Crippen LogP contribution in [0, 0.1) is 6.92 Å². The van der Waals surface area contributed by atoms with Crippen molar-refractivity contribution in [2.24, 2.45) is 0 Å². The number of benzene rings is 1. The normalized spacial score (nSPS) is 11.7. The molecule has 0 aliphatic carbocycles. The lowest BCUT2D eigenvalue weighted by molar-refractivity contribution is 0.585. The third-order valence-electron chi connectivity index (χ3n) is 2.21. The van der Waals surface area contributed by atoms with Gasteiger partial charge in [-0.15, -0.1) is 0 Å². The summed E-state index contributed by atoms with van der Waals surface area (Å²) < 4.78 is 26.2. The molecule has 4 nitrogen and oxygen atoms in total. The molecule has 0 N–H and O–H groups in total. The summed E-state index contributed by atoms with van der Waals surface area (Å²) in [5, 5.41) is 0.365. The molecule has 2 aromatic rings. The lowest BCUT2D eigenvalue weighted by Gasteiger charge is -2.09. The van der Waals surface area contributed by atoms with Gasteiger partial charge in [0, 0.05) is 21.9 Å². The Morgan fingerprint density at radius 1 is 1.41 bits per heavy atom. The third-order valence-corrected chi connectivity index (χ3v) is 5.20. The van der Waals surface area contributed by atoms with E-state index in [1.165, 1.54) is 18.5 Å². The maximum Gasteiger partial charge on any atom is 0.270 e. The Hall–Kier alpha value is -0.850. The van der Waals surface area contributed by atoms with Gasteiger partial charge in [-0.05, 0) is 41.1 Å². The van der Waals surface area contributed by atoms with Crippen molar-refractivity contribution < 1.29 is 8.42 Å². The van der Waals surface area contributed by atoms with Gasteiger partial charge in [-0.3, -0.25) is 0 Å². The Bertz CT molecular complexity index is 667. The number of nitrogens with zero attached hydrogens (tertiary/aromatic N) is 2. The molecule has 0 saturated carbocycles. The van der Waals surface area contributed by atoms with Gasteiger partial charge in [0.15, 0.2) is 0 Å². The predicted octanol–water partition coefficient (Wildman–Crippen LogP) is 2.84. The second kappa shape index (κ2) is 4.44. The number of halogens is 2. The van der Waals surface area contributed by atoms with Crippen molar-refractivity contribution >= 4 is 37.6 Å². The van der Waals surface area contributed by atoms with E-state index < -0.39 is 10.0 Å². The van der Waals surface area contributed by atoms with Gasteiger partial charge in [0.05, 0.1) is 0 Å². The van der Waals surface area contributed by atoms with Gasteiger partial charge in [-0.2, -0.15) is 0 Å². The lowest BCUT2D eigenvalue weighted by Crippen LogP contribution is -2.14. The Kier molecular flexibility index (Phi) is 3.29. The first-order chi connectivity index (χ1) is 7.93. The summed E-state index contributed by atoms with van der Waals surface area (Å²) in [6, 6.07) is 4.62. The molecule has 0 saturated heterocycles. The van der Waals surface area contributed by atoms with E-state index in [2.05, 4.69) is 20.9 Å². The first kappa shape index (κ1) is 12.6. The van der Waals surface area contributed by atoms with Gasteiger partial charge in [0.25, 0.3) is 10.0 Å². The van der Waals surface area contributed by atoms with Gasteiger partial charge in [-0.25, -0.2) is 17.4 Å². The van der Waals surface area contributed by atoms with E-state index in [4.69, 9.17) is 11.6 Å². The maximum absolute atomic E-state index is 12.3. The molecule has 0 atom stereocenters. The van der Waals surface area contributed by atoms with Crippen molar-refractivity contribution in [2.75, 3.05) is 0 Å². The highest BCUT2D eigenvalue weighted by molar-refractivity contribution is 9.10. The smallest absolute Gasteiger partial charge is 0.241 e. The zero-order valence-corrected chi connectivity index (χ0v) is 11.9. The average molecular weight is 336 g/mol. The molecule has 0 bridgehead atoms. The predicted molar refractivity (Wildman–Crippen MR) is 68.7 cm³/mol. The van der Waals surface area contributed by atoms with E-state index in [1.807, 2.05) is 0 Å². The number of aromatic nitrogens is 2. The van der Waals surface area contributed by atoms with Crippen LogP contribution in [0.15, 0.2) is 40.0 Å². The number of aryl methyl sites for hydroxylation is 1. The fraction of sp³-hybridized carbons (Fsp3) is 0.100. The van der Waals surface area contributed by atoms with Crippen LogP contribution in [0.2, 0.25) is 5.02 Å². The van der Waals surface area contributed by atoms with Crippen LogP contribution in [-0.2, 0) is 10.0 Å². The standard InChI is InChI=1S/C10H8BrClN2O2S/c1-7-13-4-5-14(7)17(15,16)10-6-8(12)2-3-9(10)11/h2-6H,1H3. The molecular formula is C10H8BrClN2O2S. The first-order valence-electron chi connectivity index (χ1n) is 4.63. The molecule has 0 aliphatic rings.